The summed E-state index contributed by atoms with van der Waals surface area (Å²) >= 11 is 0. The smallest absolute Gasteiger partial charge is 0.143 e. The highest BCUT2D eigenvalue weighted by atomic mass is 16.5. The molecule has 0 radical (unpaired) electrons. The predicted molar refractivity (Wildman–Crippen MR) is 94.6 cm³/mol. The van der Waals surface area contributed by atoms with E-state index >= 15 is 0 Å². The van der Waals surface area contributed by atoms with E-state index in [9.17, 15) is 5.11 Å². The van der Waals surface area contributed by atoms with E-state index in [0.717, 1.165) is 37.4 Å². The van der Waals surface area contributed by atoms with E-state index in [1.54, 1.807) is 12.1 Å². The third-order valence-electron chi connectivity index (χ3n) is 4.53. The van der Waals surface area contributed by atoms with E-state index in [4.69, 9.17) is 4.74 Å². The zero-order valence-electron chi connectivity index (χ0n) is 14.2. The summed E-state index contributed by atoms with van der Waals surface area (Å²) in [6.07, 6.45) is 2.12. The van der Waals surface area contributed by atoms with Crippen molar-refractivity contribution < 1.29 is 9.84 Å². The molecule has 2 aromatic rings. The van der Waals surface area contributed by atoms with Gasteiger partial charge in [0.15, 0.2) is 0 Å². The van der Waals surface area contributed by atoms with Crippen LogP contribution in [0, 0.1) is 13.8 Å². The second-order valence-electron chi connectivity index (χ2n) is 6.46. The van der Waals surface area contributed by atoms with Crippen LogP contribution in [-0.4, -0.2) is 24.3 Å². The van der Waals surface area contributed by atoms with Crippen molar-refractivity contribution in [3.63, 3.8) is 0 Å². The van der Waals surface area contributed by atoms with Gasteiger partial charge in [-0.05, 0) is 49.1 Å². The average Bonchev–Trinajstić information content (AvgIpc) is 2.52. The van der Waals surface area contributed by atoms with Crippen molar-refractivity contribution in [1.29, 1.82) is 0 Å². The molecule has 0 fully saturated rings. The van der Waals surface area contributed by atoms with Gasteiger partial charge in [-0.2, -0.15) is 0 Å². The van der Waals surface area contributed by atoms with Crippen LogP contribution >= 0.6 is 0 Å². The lowest BCUT2D eigenvalue weighted by molar-refractivity contribution is 0.193. The molecule has 0 amide bonds. The highest BCUT2D eigenvalue weighted by Gasteiger charge is 2.25. The van der Waals surface area contributed by atoms with Gasteiger partial charge in [0.1, 0.15) is 17.6 Å². The molecule has 122 valence electrons. The van der Waals surface area contributed by atoms with Gasteiger partial charge in [0, 0.05) is 19.0 Å². The fourth-order valence-corrected chi connectivity index (χ4v) is 3.19. The lowest BCUT2D eigenvalue weighted by Crippen LogP contribution is -2.41. The van der Waals surface area contributed by atoms with Gasteiger partial charge in [-0.3, -0.25) is 0 Å². The second-order valence-corrected chi connectivity index (χ2v) is 6.46. The number of benzene rings is 2. The molecule has 0 spiro atoms. The number of hydrogen-bond acceptors (Lipinski definition) is 3. The van der Waals surface area contributed by atoms with Gasteiger partial charge in [-0.25, -0.2) is 0 Å². The second kappa shape index (κ2) is 6.53. The first-order valence-corrected chi connectivity index (χ1v) is 8.37. The molecule has 1 aliphatic heterocycles. The van der Waals surface area contributed by atoms with Crippen molar-refractivity contribution in [3.05, 3.63) is 53.1 Å². The Kier molecular flexibility index (Phi) is 4.46. The van der Waals surface area contributed by atoms with Gasteiger partial charge in [0.2, 0.25) is 0 Å². The molecule has 0 bridgehead atoms. The first-order valence-electron chi connectivity index (χ1n) is 8.37. The fraction of sp³-hybridized carbons (Fsp3) is 0.400. The number of rotatable bonds is 4. The van der Waals surface area contributed by atoms with Crippen molar-refractivity contribution >= 4 is 5.69 Å². The Bertz CT molecular complexity index is 696. The first kappa shape index (κ1) is 15.7. The summed E-state index contributed by atoms with van der Waals surface area (Å²) in [5, 5.41) is 9.75. The lowest BCUT2D eigenvalue weighted by atomic mass is 10.0. The molecule has 0 saturated heterocycles. The van der Waals surface area contributed by atoms with E-state index < -0.39 is 0 Å². The van der Waals surface area contributed by atoms with Crippen molar-refractivity contribution in [1.82, 2.24) is 0 Å². The number of aromatic hydroxyl groups is 1. The van der Waals surface area contributed by atoms with Crippen LogP contribution in [0.3, 0.4) is 0 Å². The first-order chi connectivity index (χ1) is 11.1. The molecule has 2 aromatic carbocycles. The van der Waals surface area contributed by atoms with Gasteiger partial charge in [-0.1, -0.05) is 25.1 Å². The molecule has 1 N–H and O–H groups in total. The molecule has 1 atom stereocenters. The number of fused-ring (bicyclic) bond motifs is 1. The van der Waals surface area contributed by atoms with Crippen molar-refractivity contribution in [3.8, 4) is 11.5 Å². The van der Waals surface area contributed by atoms with Crippen molar-refractivity contribution in [2.45, 2.75) is 39.7 Å². The predicted octanol–water partition coefficient (Wildman–Crippen LogP) is 4.23. The number of nitrogens with zero attached hydrogens (tertiary/aromatic N) is 1. The van der Waals surface area contributed by atoms with Crippen LogP contribution in [0.1, 0.15) is 30.0 Å². The van der Waals surface area contributed by atoms with Crippen LogP contribution in [0.2, 0.25) is 0 Å². The minimum atomic E-state index is 0.140. The maximum Gasteiger partial charge on any atom is 0.143 e. The number of hydrogen-bond donors (Lipinski definition) is 1. The number of anilines is 1. The van der Waals surface area contributed by atoms with Gasteiger partial charge < -0.3 is 14.7 Å². The zero-order chi connectivity index (χ0) is 16.4. The number of phenolic OH excluding ortho intramolecular Hbond substituents is 1. The summed E-state index contributed by atoms with van der Waals surface area (Å²) in [5.41, 5.74) is 4.97. The fourth-order valence-electron chi connectivity index (χ4n) is 3.19. The monoisotopic (exact) mass is 311 g/mol. The molecular formula is C20H25NO2. The summed E-state index contributed by atoms with van der Waals surface area (Å²) in [6, 6.07) is 12.0. The van der Waals surface area contributed by atoms with Crippen LogP contribution in [0.5, 0.6) is 11.5 Å². The molecule has 0 aliphatic carbocycles. The summed E-state index contributed by atoms with van der Waals surface area (Å²) in [6.45, 7) is 8.31. The van der Waals surface area contributed by atoms with Gasteiger partial charge in [-0.15, -0.1) is 0 Å². The minimum Gasteiger partial charge on any atom is -0.508 e. The van der Waals surface area contributed by atoms with E-state index in [1.165, 1.54) is 16.7 Å². The molecule has 1 aliphatic rings. The maximum absolute atomic E-state index is 9.75. The highest BCUT2D eigenvalue weighted by molar-refractivity contribution is 5.63. The highest BCUT2D eigenvalue weighted by Crippen LogP contribution is 2.36. The molecule has 0 aromatic heterocycles. The molecule has 0 saturated carbocycles. The van der Waals surface area contributed by atoms with E-state index in [0.29, 0.717) is 5.75 Å². The zero-order valence-corrected chi connectivity index (χ0v) is 14.2. The standard InChI is InChI=1S/C20H25NO2/c1-4-9-21-13-18(11-16-6-5-14(2)15(3)10-16)23-20-8-7-17(22)12-19(20)21/h5-8,10,12,18,22H,4,9,11,13H2,1-3H3. The Morgan fingerprint density at radius 3 is 2.70 bits per heavy atom. The number of phenols is 1. The SMILES string of the molecule is CCCN1CC(Cc2ccc(C)c(C)c2)Oc2ccc(O)cc21. The maximum atomic E-state index is 9.75. The van der Waals surface area contributed by atoms with Gasteiger partial charge >= 0.3 is 0 Å². The molecule has 3 heteroatoms. The Labute approximate surface area is 138 Å². The van der Waals surface area contributed by atoms with Crippen molar-refractivity contribution in [2.75, 3.05) is 18.0 Å². The van der Waals surface area contributed by atoms with Gasteiger partial charge in [0.05, 0.1) is 12.2 Å². The Morgan fingerprint density at radius 2 is 1.96 bits per heavy atom. The topological polar surface area (TPSA) is 32.7 Å². The Morgan fingerprint density at radius 1 is 1.13 bits per heavy atom. The van der Waals surface area contributed by atoms with Crippen LogP contribution in [0.4, 0.5) is 5.69 Å². The van der Waals surface area contributed by atoms with Crippen LogP contribution in [-0.2, 0) is 6.42 Å². The van der Waals surface area contributed by atoms with Crippen LogP contribution in [0.15, 0.2) is 36.4 Å². The third kappa shape index (κ3) is 3.44. The Balaban J connectivity index is 1.82. The van der Waals surface area contributed by atoms with E-state index in [2.05, 4.69) is 43.9 Å². The number of ether oxygens (including phenoxy) is 1. The normalized spacial score (nSPS) is 16.8. The van der Waals surface area contributed by atoms with Crippen LogP contribution in [0.25, 0.3) is 0 Å². The van der Waals surface area contributed by atoms with E-state index in [1.807, 2.05) is 6.07 Å². The molecule has 1 unspecified atom stereocenters. The molecule has 3 nitrogen and oxygen atoms in total. The third-order valence-corrected chi connectivity index (χ3v) is 4.53. The van der Waals surface area contributed by atoms with E-state index in [-0.39, 0.29) is 6.10 Å². The quantitative estimate of drug-likeness (QED) is 0.917. The molecule has 23 heavy (non-hydrogen) atoms. The molecule has 3 rings (SSSR count). The minimum absolute atomic E-state index is 0.140. The lowest BCUT2D eigenvalue weighted by Gasteiger charge is -2.36. The Hall–Kier alpha value is -2.16. The summed E-state index contributed by atoms with van der Waals surface area (Å²) < 4.78 is 6.18. The van der Waals surface area contributed by atoms with Crippen molar-refractivity contribution in [2.24, 2.45) is 0 Å². The van der Waals surface area contributed by atoms with Gasteiger partial charge in [0.25, 0.3) is 0 Å². The average molecular weight is 311 g/mol. The molecule has 1 heterocycles. The summed E-state index contributed by atoms with van der Waals surface area (Å²) in [4.78, 5) is 2.32. The largest absolute Gasteiger partial charge is 0.508 e. The number of aryl methyl sites for hydroxylation is 2. The molecular weight excluding hydrogens is 286 g/mol. The summed E-state index contributed by atoms with van der Waals surface area (Å²) in [5.74, 6) is 1.16. The van der Waals surface area contributed by atoms with Crippen LogP contribution < -0.4 is 9.64 Å². The summed E-state index contributed by atoms with van der Waals surface area (Å²) in [7, 11) is 0.